The van der Waals surface area contributed by atoms with Crippen molar-refractivity contribution < 1.29 is 0 Å². The molecule has 18 heavy (non-hydrogen) atoms. The Bertz CT molecular complexity index is 318. The maximum absolute atomic E-state index is 2.54. The monoisotopic (exact) mass is 248 g/mol. The lowest BCUT2D eigenvalue weighted by Gasteiger charge is -2.23. The van der Waals surface area contributed by atoms with Gasteiger partial charge in [0, 0.05) is 25.3 Å². The number of rotatable bonds is 2. The number of benzene rings is 1. The maximum Gasteiger partial charge on any atom is 0.0366 e. The van der Waals surface area contributed by atoms with Crippen molar-refractivity contribution in [1.82, 2.24) is 4.90 Å². The van der Waals surface area contributed by atoms with Gasteiger partial charge in [0.15, 0.2) is 0 Å². The summed E-state index contributed by atoms with van der Waals surface area (Å²) < 4.78 is 0. The summed E-state index contributed by atoms with van der Waals surface area (Å²) in [5.41, 5.74) is 2.72. The Hall–Kier alpha value is -1.02. The molecule has 2 heteroatoms. The molecule has 0 aliphatic carbocycles. The van der Waals surface area contributed by atoms with E-state index >= 15 is 0 Å². The van der Waals surface area contributed by atoms with Gasteiger partial charge in [-0.3, -0.25) is 0 Å². The van der Waals surface area contributed by atoms with Crippen LogP contribution in [-0.2, 0) is 0 Å². The third-order valence-corrected chi connectivity index (χ3v) is 3.43. The number of aryl methyl sites for hydroxylation is 1. The topological polar surface area (TPSA) is 6.48 Å². The van der Waals surface area contributed by atoms with Crippen molar-refractivity contribution in [3.05, 3.63) is 29.8 Å². The molecule has 0 bridgehead atoms. The highest BCUT2D eigenvalue weighted by Gasteiger charge is 2.13. The van der Waals surface area contributed by atoms with Gasteiger partial charge in [-0.1, -0.05) is 38.5 Å². The molecule has 1 aromatic rings. The molecule has 1 aromatic carbocycles. The number of hydrogen-bond acceptors (Lipinski definition) is 2. The molecule has 0 saturated carbocycles. The van der Waals surface area contributed by atoms with E-state index in [2.05, 4.69) is 47.9 Å². The van der Waals surface area contributed by atoms with E-state index < -0.39 is 0 Å². The van der Waals surface area contributed by atoms with Gasteiger partial charge in [-0.25, -0.2) is 0 Å². The Labute approximate surface area is 113 Å². The molecule has 1 fully saturated rings. The van der Waals surface area contributed by atoms with Gasteiger partial charge in [-0.05, 0) is 38.6 Å². The zero-order valence-corrected chi connectivity index (χ0v) is 12.4. The van der Waals surface area contributed by atoms with Crippen LogP contribution >= 0.6 is 0 Å². The molecule has 2 rings (SSSR count). The Balaban J connectivity index is 0.000000771. The van der Waals surface area contributed by atoms with Crippen molar-refractivity contribution in [2.24, 2.45) is 0 Å². The first-order valence-electron chi connectivity index (χ1n) is 7.33. The Morgan fingerprint density at radius 2 is 1.61 bits per heavy atom. The molecule has 1 saturated heterocycles. The van der Waals surface area contributed by atoms with Crippen LogP contribution < -0.4 is 4.90 Å². The smallest absolute Gasteiger partial charge is 0.0366 e. The standard InChI is InChI=1S/C14H22N2.C2H6/c1-3-15-9-4-10-16(12-11-15)14-7-5-13(2)6-8-14;1-2/h5-8H,3-4,9-12H2,1-2H3;1-2H3. The van der Waals surface area contributed by atoms with Crippen LogP contribution in [0.2, 0.25) is 0 Å². The summed E-state index contributed by atoms with van der Waals surface area (Å²) in [6.45, 7) is 14.4. The summed E-state index contributed by atoms with van der Waals surface area (Å²) in [5, 5.41) is 0. The highest BCUT2D eigenvalue weighted by atomic mass is 15.2. The first kappa shape index (κ1) is 15.0. The fourth-order valence-electron chi connectivity index (χ4n) is 2.30. The summed E-state index contributed by atoms with van der Waals surface area (Å²) in [6, 6.07) is 8.91. The lowest BCUT2D eigenvalue weighted by molar-refractivity contribution is 0.310. The molecule has 1 aliphatic rings. The molecular weight excluding hydrogens is 220 g/mol. The summed E-state index contributed by atoms with van der Waals surface area (Å²) >= 11 is 0. The van der Waals surface area contributed by atoms with Crippen molar-refractivity contribution in [3.8, 4) is 0 Å². The largest absolute Gasteiger partial charge is 0.370 e. The molecule has 0 amide bonds. The second kappa shape index (κ2) is 8.15. The quantitative estimate of drug-likeness (QED) is 0.789. The number of likely N-dealkylation sites (N-methyl/N-ethyl adjacent to an activating group) is 1. The predicted molar refractivity (Wildman–Crippen MR) is 81.5 cm³/mol. The number of anilines is 1. The molecule has 0 aromatic heterocycles. The van der Waals surface area contributed by atoms with E-state index in [0.29, 0.717) is 0 Å². The average Bonchev–Trinajstić information content (AvgIpc) is 2.67. The molecule has 1 heterocycles. The van der Waals surface area contributed by atoms with Crippen molar-refractivity contribution >= 4 is 5.69 Å². The predicted octanol–water partition coefficient (Wildman–Crippen LogP) is 3.55. The normalized spacial score (nSPS) is 16.8. The first-order valence-corrected chi connectivity index (χ1v) is 7.33. The highest BCUT2D eigenvalue weighted by Crippen LogP contribution is 2.17. The minimum atomic E-state index is 1.16. The van der Waals surface area contributed by atoms with Crippen LogP contribution in [0.4, 0.5) is 5.69 Å². The fourth-order valence-corrected chi connectivity index (χ4v) is 2.30. The number of hydrogen-bond donors (Lipinski definition) is 0. The molecule has 0 atom stereocenters. The van der Waals surface area contributed by atoms with Crippen LogP contribution in [0, 0.1) is 6.92 Å². The van der Waals surface area contributed by atoms with Crippen LogP contribution in [0.1, 0.15) is 32.8 Å². The second-order valence-electron chi connectivity index (χ2n) is 4.61. The summed E-state index contributed by atoms with van der Waals surface area (Å²) in [6.07, 6.45) is 1.28. The molecule has 0 N–H and O–H groups in total. The van der Waals surface area contributed by atoms with Gasteiger partial charge in [-0.2, -0.15) is 0 Å². The van der Waals surface area contributed by atoms with E-state index in [4.69, 9.17) is 0 Å². The van der Waals surface area contributed by atoms with E-state index in [1.807, 2.05) is 13.8 Å². The summed E-state index contributed by atoms with van der Waals surface area (Å²) in [7, 11) is 0. The van der Waals surface area contributed by atoms with Crippen LogP contribution in [0.15, 0.2) is 24.3 Å². The van der Waals surface area contributed by atoms with Crippen LogP contribution in [0.5, 0.6) is 0 Å². The Morgan fingerprint density at radius 1 is 0.944 bits per heavy atom. The lowest BCUT2D eigenvalue weighted by Crippen LogP contribution is -2.30. The third-order valence-electron chi connectivity index (χ3n) is 3.43. The molecular formula is C16H28N2. The Morgan fingerprint density at radius 3 is 2.22 bits per heavy atom. The summed E-state index contributed by atoms with van der Waals surface area (Å²) in [4.78, 5) is 5.04. The molecule has 1 aliphatic heterocycles. The van der Waals surface area contributed by atoms with E-state index in [1.165, 1.54) is 43.9 Å². The maximum atomic E-state index is 2.54. The van der Waals surface area contributed by atoms with E-state index in [0.717, 1.165) is 6.54 Å². The van der Waals surface area contributed by atoms with Crippen LogP contribution in [0.25, 0.3) is 0 Å². The minimum Gasteiger partial charge on any atom is -0.370 e. The van der Waals surface area contributed by atoms with E-state index in [-0.39, 0.29) is 0 Å². The average molecular weight is 248 g/mol. The molecule has 102 valence electrons. The molecule has 0 unspecified atom stereocenters. The zero-order chi connectivity index (χ0) is 13.4. The van der Waals surface area contributed by atoms with Gasteiger partial charge in [0.1, 0.15) is 0 Å². The highest BCUT2D eigenvalue weighted by molar-refractivity contribution is 5.47. The van der Waals surface area contributed by atoms with Gasteiger partial charge in [0.25, 0.3) is 0 Å². The van der Waals surface area contributed by atoms with Gasteiger partial charge < -0.3 is 9.80 Å². The lowest BCUT2D eigenvalue weighted by atomic mass is 10.2. The first-order chi connectivity index (χ1) is 8.79. The third kappa shape index (κ3) is 4.34. The van der Waals surface area contributed by atoms with Crippen molar-refractivity contribution in [2.75, 3.05) is 37.6 Å². The fraction of sp³-hybridized carbons (Fsp3) is 0.625. The van der Waals surface area contributed by atoms with Gasteiger partial charge in [-0.15, -0.1) is 0 Å². The van der Waals surface area contributed by atoms with Gasteiger partial charge in [0.2, 0.25) is 0 Å². The second-order valence-corrected chi connectivity index (χ2v) is 4.61. The Kier molecular flexibility index (Phi) is 6.81. The van der Waals surface area contributed by atoms with Crippen molar-refractivity contribution in [3.63, 3.8) is 0 Å². The summed E-state index contributed by atoms with van der Waals surface area (Å²) in [5.74, 6) is 0. The van der Waals surface area contributed by atoms with Crippen molar-refractivity contribution in [1.29, 1.82) is 0 Å². The zero-order valence-electron chi connectivity index (χ0n) is 12.4. The SMILES string of the molecule is CC.CCN1CCCN(c2ccc(C)cc2)CC1. The van der Waals surface area contributed by atoms with Crippen LogP contribution in [-0.4, -0.2) is 37.6 Å². The number of nitrogens with zero attached hydrogens (tertiary/aromatic N) is 2. The van der Waals surface area contributed by atoms with Crippen molar-refractivity contribution in [2.45, 2.75) is 34.1 Å². The molecule has 0 radical (unpaired) electrons. The van der Waals surface area contributed by atoms with E-state index in [9.17, 15) is 0 Å². The van der Waals surface area contributed by atoms with E-state index in [1.54, 1.807) is 0 Å². The molecule has 0 spiro atoms. The van der Waals surface area contributed by atoms with Gasteiger partial charge >= 0.3 is 0 Å². The van der Waals surface area contributed by atoms with Gasteiger partial charge in [0.05, 0.1) is 0 Å². The molecule has 2 nitrogen and oxygen atoms in total. The minimum absolute atomic E-state index is 1.16. The van der Waals surface area contributed by atoms with Crippen LogP contribution in [0.3, 0.4) is 0 Å².